The highest BCUT2D eigenvalue weighted by molar-refractivity contribution is 7.75. The molecule has 0 spiro atoms. The molecule has 0 radical (unpaired) electrons. The van der Waals surface area contributed by atoms with Crippen molar-refractivity contribution in [2.45, 2.75) is 131 Å². The minimum atomic E-state index is -4.29. The SMILES string of the molecule is CCCCCC(CC)OP(=O)(O)O.CCCC[P+](CCCC)(CCCC)CCCC. The van der Waals surface area contributed by atoms with Crippen LogP contribution in [0.5, 0.6) is 0 Å². The maximum Gasteiger partial charge on any atom is 0.469 e. The van der Waals surface area contributed by atoms with Crippen molar-refractivity contribution in [3.63, 3.8) is 0 Å². The molecule has 4 nitrogen and oxygen atoms in total. The van der Waals surface area contributed by atoms with E-state index in [0.717, 1.165) is 25.7 Å². The first-order chi connectivity index (χ1) is 14.2. The van der Waals surface area contributed by atoms with Crippen molar-refractivity contribution in [2.75, 3.05) is 24.6 Å². The van der Waals surface area contributed by atoms with Crippen LogP contribution in [0, 0.1) is 0 Å². The number of rotatable bonds is 19. The van der Waals surface area contributed by atoms with Crippen LogP contribution >= 0.6 is 15.1 Å². The quantitative estimate of drug-likeness (QED) is 0.147. The molecule has 0 aliphatic carbocycles. The average molecular weight is 470 g/mol. The second kappa shape index (κ2) is 21.4. The summed E-state index contributed by atoms with van der Waals surface area (Å²) in [6.07, 6.45) is 22.2. The van der Waals surface area contributed by atoms with Gasteiger partial charge in [0.25, 0.3) is 0 Å². The molecule has 0 aromatic heterocycles. The molecule has 0 bridgehead atoms. The van der Waals surface area contributed by atoms with E-state index in [-0.39, 0.29) is 6.10 Å². The summed E-state index contributed by atoms with van der Waals surface area (Å²) in [6.45, 7) is 13.4. The fourth-order valence-electron chi connectivity index (χ4n) is 3.79. The highest BCUT2D eigenvalue weighted by atomic mass is 31.2. The Morgan fingerprint density at radius 2 is 1.03 bits per heavy atom. The molecular weight excluding hydrogens is 414 g/mol. The molecule has 0 aromatic rings. The van der Waals surface area contributed by atoms with Gasteiger partial charge in [0, 0.05) is 7.26 Å². The summed E-state index contributed by atoms with van der Waals surface area (Å²) in [5, 5.41) is 0. The Morgan fingerprint density at radius 1 is 0.667 bits per heavy atom. The largest absolute Gasteiger partial charge is 0.469 e. The Morgan fingerprint density at radius 3 is 1.30 bits per heavy atom. The minimum Gasteiger partial charge on any atom is -0.303 e. The number of unbranched alkanes of at least 4 members (excludes halogenated alkanes) is 6. The van der Waals surface area contributed by atoms with Crippen molar-refractivity contribution >= 4 is 15.1 Å². The van der Waals surface area contributed by atoms with Crippen LogP contribution in [0.2, 0.25) is 0 Å². The Labute approximate surface area is 189 Å². The zero-order valence-electron chi connectivity index (χ0n) is 21.2. The van der Waals surface area contributed by atoms with Crippen LogP contribution < -0.4 is 0 Å². The zero-order valence-corrected chi connectivity index (χ0v) is 23.0. The Bertz CT molecular complexity index is 361. The molecule has 2 N–H and O–H groups in total. The van der Waals surface area contributed by atoms with Crippen molar-refractivity contribution in [1.29, 1.82) is 0 Å². The topological polar surface area (TPSA) is 66.8 Å². The van der Waals surface area contributed by atoms with Gasteiger partial charge in [0.15, 0.2) is 0 Å². The van der Waals surface area contributed by atoms with E-state index in [9.17, 15) is 4.57 Å². The molecular formula is C24H55O4P2+. The molecule has 0 aliphatic heterocycles. The van der Waals surface area contributed by atoms with Crippen LogP contribution in [0.4, 0.5) is 0 Å². The molecule has 0 fully saturated rings. The number of phosphoric ester groups is 1. The molecule has 0 saturated heterocycles. The predicted molar refractivity (Wildman–Crippen MR) is 137 cm³/mol. The molecule has 0 amide bonds. The smallest absolute Gasteiger partial charge is 0.303 e. The van der Waals surface area contributed by atoms with Crippen molar-refractivity contribution in [1.82, 2.24) is 0 Å². The molecule has 0 aromatic carbocycles. The molecule has 0 heterocycles. The minimum absolute atomic E-state index is 0.299. The lowest BCUT2D eigenvalue weighted by Gasteiger charge is -2.28. The fourth-order valence-corrected chi connectivity index (χ4v) is 9.73. The van der Waals surface area contributed by atoms with E-state index < -0.39 is 15.1 Å². The molecule has 0 rings (SSSR count). The standard InChI is InChI=1S/C16H36P.C8H19O4P/c1-5-9-13-17(14-10-6-2,15-11-7-3)16-12-8-4;1-3-5-6-7-8(4-2)12-13(9,10)11/h5-16H2,1-4H3;8H,3-7H2,1-2H3,(H2,9,10,11)/q+1;. The molecule has 1 atom stereocenters. The van der Waals surface area contributed by atoms with E-state index in [1.54, 1.807) is 24.6 Å². The number of hydrogen-bond donors (Lipinski definition) is 2. The Balaban J connectivity index is 0. The predicted octanol–water partition coefficient (Wildman–Crippen LogP) is 8.66. The van der Waals surface area contributed by atoms with Gasteiger partial charge in [-0.3, -0.25) is 4.52 Å². The van der Waals surface area contributed by atoms with E-state index in [0.29, 0.717) is 6.42 Å². The first-order valence-corrected chi connectivity index (χ1v) is 16.9. The van der Waals surface area contributed by atoms with Gasteiger partial charge in [0.1, 0.15) is 0 Å². The van der Waals surface area contributed by atoms with Crippen molar-refractivity contribution in [3.8, 4) is 0 Å². The van der Waals surface area contributed by atoms with Crippen LogP contribution in [0.1, 0.15) is 125 Å². The highest BCUT2D eigenvalue weighted by Gasteiger charge is 2.34. The maximum absolute atomic E-state index is 10.5. The van der Waals surface area contributed by atoms with E-state index in [1.165, 1.54) is 51.4 Å². The second-order valence-corrected chi connectivity index (χ2v) is 14.4. The number of hydrogen-bond acceptors (Lipinski definition) is 2. The van der Waals surface area contributed by atoms with Gasteiger partial charge < -0.3 is 9.79 Å². The average Bonchev–Trinajstić information content (AvgIpc) is 2.71. The highest BCUT2D eigenvalue weighted by Crippen LogP contribution is 2.61. The second-order valence-electron chi connectivity index (χ2n) is 8.77. The van der Waals surface area contributed by atoms with E-state index in [4.69, 9.17) is 9.79 Å². The normalized spacial score (nSPS) is 13.1. The van der Waals surface area contributed by atoms with Crippen molar-refractivity contribution in [3.05, 3.63) is 0 Å². The van der Waals surface area contributed by atoms with E-state index in [2.05, 4.69) is 39.1 Å². The van der Waals surface area contributed by atoms with Crippen molar-refractivity contribution < 1.29 is 18.9 Å². The first-order valence-electron chi connectivity index (χ1n) is 12.8. The van der Waals surface area contributed by atoms with Gasteiger partial charge in [-0.05, 0) is 38.5 Å². The lowest BCUT2D eigenvalue weighted by molar-refractivity contribution is 0.121. The van der Waals surface area contributed by atoms with Crippen LogP contribution in [-0.2, 0) is 9.09 Å². The van der Waals surface area contributed by atoms with Gasteiger partial charge >= 0.3 is 7.82 Å². The van der Waals surface area contributed by atoms with Gasteiger partial charge in [-0.15, -0.1) is 0 Å². The fraction of sp³-hybridized carbons (Fsp3) is 1.00. The summed E-state index contributed by atoms with van der Waals surface area (Å²) in [7, 11) is -4.85. The first kappa shape index (κ1) is 32.7. The summed E-state index contributed by atoms with van der Waals surface area (Å²) < 4.78 is 15.1. The van der Waals surface area contributed by atoms with Crippen LogP contribution in [0.3, 0.4) is 0 Å². The lowest BCUT2D eigenvalue weighted by Crippen LogP contribution is -2.12. The van der Waals surface area contributed by atoms with E-state index in [1.807, 2.05) is 6.92 Å². The summed E-state index contributed by atoms with van der Waals surface area (Å²) in [4.78, 5) is 17.1. The molecule has 30 heavy (non-hydrogen) atoms. The third-order valence-corrected chi connectivity index (χ3v) is 11.4. The lowest BCUT2D eigenvalue weighted by atomic mass is 10.1. The van der Waals surface area contributed by atoms with Crippen LogP contribution in [0.15, 0.2) is 0 Å². The summed E-state index contributed by atoms with van der Waals surface area (Å²) >= 11 is 0. The third-order valence-electron chi connectivity index (χ3n) is 5.82. The monoisotopic (exact) mass is 469 g/mol. The van der Waals surface area contributed by atoms with Gasteiger partial charge in [-0.2, -0.15) is 0 Å². The van der Waals surface area contributed by atoms with Gasteiger partial charge in [0.05, 0.1) is 30.8 Å². The van der Waals surface area contributed by atoms with Gasteiger partial charge in [-0.25, -0.2) is 4.57 Å². The Hall–Kier alpha value is 0.540. The van der Waals surface area contributed by atoms with E-state index >= 15 is 0 Å². The summed E-state index contributed by atoms with van der Waals surface area (Å²) in [5.41, 5.74) is 0. The zero-order chi connectivity index (χ0) is 23.3. The third kappa shape index (κ3) is 20.4. The van der Waals surface area contributed by atoms with Gasteiger partial charge in [0.2, 0.25) is 0 Å². The molecule has 0 aliphatic rings. The van der Waals surface area contributed by atoms with Gasteiger partial charge in [-0.1, -0.05) is 86.5 Å². The van der Waals surface area contributed by atoms with Crippen LogP contribution in [-0.4, -0.2) is 40.5 Å². The van der Waals surface area contributed by atoms with Crippen molar-refractivity contribution in [2.24, 2.45) is 0 Å². The number of phosphoric acid groups is 1. The summed E-state index contributed by atoms with van der Waals surface area (Å²) in [5.74, 6) is 0. The molecule has 184 valence electrons. The molecule has 0 saturated carbocycles. The Kier molecular flexibility index (Phi) is 23.3. The molecule has 1 unspecified atom stereocenters. The maximum atomic E-state index is 10.5. The summed E-state index contributed by atoms with van der Waals surface area (Å²) in [6, 6.07) is 0. The molecule has 6 heteroatoms. The van der Waals surface area contributed by atoms with Crippen LogP contribution in [0.25, 0.3) is 0 Å².